The van der Waals surface area contributed by atoms with E-state index in [-0.39, 0.29) is 11.8 Å². The fraction of sp³-hybridized carbons (Fsp3) is 0.440. The number of amides is 2. The minimum atomic E-state index is -0.0394. The summed E-state index contributed by atoms with van der Waals surface area (Å²) in [6.07, 6.45) is 2.49. The van der Waals surface area contributed by atoms with Gasteiger partial charge in [0.15, 0.2) is 0 Å². The molecule has 2 aromatic rings. The van der Waals surface area contributed by atoms with Crippen LogP contribution in [0.1, 0.15) is 35.7 Å². The van der Waals surface area contributed by atoms with Gasteiger partial charge in [-0.1, -0.05) is 36.4 Å². The maximum atomic E-state index is 12.9. The molecule has 1 N–H and O–H groups in total. The molecule has 5 nitrogen and oxygen atoms in total. The normalized spacial score (nSPS) is 17.4. The molecule has 4 rings (SSSR count). The molecule has 2 aromatic carbocycles. The molecule has 31 heavy (non-hydrogen) atoms. The zero-order chi connectivity index (χ0) is 21.6. The molecule has 164 valence electrons. The van der Waals surface area contributed by atoms with Crippen LogP contribution in [-0.2, 0) is 11.3 Å². The zero-order valence-corrected chi connectivity index (χ0v) is 18.9. The molecule has 1 aliphatic carbocycles. The first-order chi connectivity index (χ1) is 15.1. The Bertz CT molecular complexity index is 895. The number of rotatable bonds is 8. The number of hydrogen-bond donors (Lipinski definition) is 1. The highest BCUT2D eigenvalue weighted by Crippen LogP contribution is 2.35. The minimum Gasteiger partial charge on any atom is -0.337 e. The molecule has 2 aliphatic rings. The Morgan fingerprint density at radius 1 is 1.10 bits per heavy atom. The van der Waals surface area contributed by atoms with E-state index in [2.05, 4.69) is 29.3 Å². The molecule has 0 radical (unpaired) electrons. The number of nitrogens with zero attached hydrogens (tertiary/aromatic N) is 2. The van der Waals surface area contributed by atoms with E-state index in [1.54, 1.807) is 6.07 Å². The lowest BCUT2D eigenvalue weighted by Gasteiger charge is -2.29. The highest BCUT2D eigenvalue weighted by atomic mass is 32.2. The molecule has 2 fully saturated rings. The van der Waals surface area contributed by atoms with Crippen LogP contribution in [0, 0.1) is 5.92 Å². The van der Waals surface area contributed by atoms with Crippen LogP contribution in [0.2, 0.25) is 0 Å². The number of thioether (sulfide) groups is 1. The highest BCUT2D eigenvalue weighted by Gasteiger charge is 2.32. The van der Waals surface area contributed by atoms with Crippen molar-refractivity contribution in [1.29, 1.82) is 0 Å². The molecular formula is C25H31N3O2S. The fourth-order valence-electron chi connectivity index (χ4n) is 4.10. The molecule has 6 heteroatoms. The van der Waals surface area contributed by atoms with Crippen molar-refractivity contribution < 1.29 is 9.59 Å². The summed E-state index contributed by atoms with van der Waals surface area (Å²) in [4.78, 5) is 29.8. The SMILES string of the molecule is CC(C1CC1)N(CC(=O)Nc1cccc(C(=O)N2CCSCC2)c1)Cc1ccccc1. The van der Waals surface area contributed by atoms with E-state index in [9.17, 15) is 9.59 Å². The molecule has 1 aliphatic heterocycles. The Morgan fingerprint density at radius 2 is 1.84 bits per heavy atom. The predicted molar refractivity (Wildman–Crippen MR) is 127 cm³/mol. The maximum absolute atomic E-state index is 12.9. The van der Waals surface area contributed by atoms with Crippen LogP contribution in [0.4, 0.5) is 5.69 Å². The van der Waals surface area contributed by atoms with Crippen molar-refractivity contribution in [2.45, 2.75) is 32.4 Å². The smallest absolute Gasteiger partial charge is 0.253 e. The van der Waals surface area contributed by atoms with Crippen LogP contribution in [0.25, 0.3) is 0 Å². The fourth-order valence-corrected chi connectivity index (χ4v) is 5.01. The highest BCUT2D eigenvalue weighted by molar-refractivity contribution is 7.99. The van der Waals surface area contributed by atoms with Gasteiger partial charge in [-0.25, -0.2) is 0 Å². The van der Waals surface area contributed by atoms with Gasteiger partial charge in [-0.3, -0.25) is 14.5 Å². The molecule has 0 spiro atoms. The number of carbonyl (C=O) groups excluding carboxylic acids is 2. The number of benzene rings is 2. The summed E-state index contributed by atoms with van der Waals surface area (Å²) in [5.41, 5.74) is 2.54. The monoisotopic (exact) mass is 437 g/mol. The first-order valence-corrected chi connectivity index (χ1v) is 12.3. The van der Waals surface area contributed by atoms with Crippen LogP contribution >= 0.6 is 11.8 Å². The van der Waals surface area contributed by atoms with Gasteiger partial charge in [0.25, 0.3) is 5.91 Å². The van der Waals surface area contributed by atoms with Crippen LogP contribution in [0.15, 0.2) is 54.6 Å². The van der Waals surface area contributed by atoms with Crippen molar-refractivity contribution in [2.75, 3.05) is 36.5 Å². The van der Waals surface area contributed by atoms with Crippen molar-refractivity contribution >= 4 is 29.3 Å². The largest absolute Gasteiger partial charge is 0.337 e. The van der Waals surface area contributed by atoms with Crippen molar-refractivity contribution in [3.63, 3.8) is 0 Å². The van der Waals surface area contributed by atoms with E-state index in [4.69, 9.17) is 0 Å². The Balaban J connectivity index is 1.39. The van der Waals surface area contributed by atoms with E-state index in [1.165, 1.54) is 18.4 Å². The van der Waals surface area contributed by atoms with Crippen LogP contribution < -0.4 is 5.32 Å². The van der Waals surface area contributed by atoms with Gasteiger partial charge < -0.3 is 10.2 Å². The molecule has 2 amide bonds. The van der Waals surface area contributed by atoms with Crippen molar-refractivity contribution in [1.82, 2.24) is 9.80 Å². The van der Waals surface area contributed by atoms with Gasteiger partial charge in [0, 0.05) is 48.4 Å². The minimum absolute atomic E-state index is 0.0394. The van der Waals surface area contributed by atoms with Crippen molar-refractivity contribution in [2.24, 2.45) is 5.92 Å². The lowest BCUT2D eigenvalue weighted by Crippen LogP contribution is -2.40. The molecule has 1 unspecified atom stereocenters. The van der Waals surface area contributed by atoms with Gasteiger partial charge in [-0.05, 0) is 49.4 Å². The molecule has 1 heterocycles. The standard InChI is InChI=1S/C25H31N3O2S/c1-19(21-10-11-21)28(17-20-6-3-2-4-7-20)18-24(29)26-23-9-5-8-22(16-23)25(30)27-12-14-31-15-13-27/h2-9,16,19,21H,10-15,17-18H2,1H3,(H,26,29). The molecule has 1 saturated heterocycles. The van der Waals surface area contributed by atoms with Gasteiger partial charge in [-0.15, -0.1) is 0 Å². The Kier molecular flexibility index (Phi) is 7.30. The average Bonchev–Trinajstić information content (AvgIpc) is 3.65. The zero-order valence-electron chi connectivity index (χ0n) is 18.1. The van der Waals surface area contributed by atoms with Crippen LogP contribution in [0.5, 0.6) is 0 Å². The van der Waals surface area contributed by atoms with Gasteiger partial charge >= 0.3 is 0 Å². The van der Waals surface area contributed by atoms with E-state index in [1.807, 2.05) is 53.1 Å². The van der Waals surface area contributed by atoms with Crippen LogP contribution in [-0.4, -0.2) is 58.8 Å². The summed E-state index contributed by atoms with van der Waals surface area (Å²) in [6, 6.07) is 18.0. The predicted octanol–water partition coefficient (Wildman–Crippen LogP) is 4.11. The quantitative estimate of drug-likeness (QED) is 0.675. The summed E-state index contributed by atoms with van der Waals surface area (Å²) in [5.74, 6) is 2.66. The third kappa shape index (κ3) is 6.11. The van der Waals surface area contributed by atoms with Gasteiger partial charge in [0.05, 0.1) is 6.54 Å². The first kappa shape index (κ1) is 21.9. The lowest BCUT2D eigenvalue weighted by atomic mass is 10.1. The summed E-state index contributed by atoms with van der Waals surface area (Å²) in [7, 11) is 0. The third-order valence-electron chi connectivity index (χ3n) is 6.15. The first-order valence-electron chi connectivity index (χ1n) is 11.1. The Morgan fingerprint density at radius 3 is 2.55 bits per heavy atom. The van der Waals surface area contributed by atoms with Gasteiger partial charge in [-0.2, -0.15) is 11.8 Å². The van der Waals surface area contributed by atoms with E-state index < -0.39 is 0 Å². The molecule has 0 aromatic heterocycles. The topological polar surface area (TPSA) is 52.7 Å². The van der Waals surface area contributed by atoms with E-state index >= 15 is 0 Å². The summed E-state index contributed by atoms with van der Waals surface area (Å²) in [5, 5.41) is 3.02. The van der Waals surface area contributed by atoms with Crippen molar-refractivity contribution in [3.05, 3.63) is 65.7 Å². The summed E-state index contributed by atoms with van der Waals surface area (Å²) < 4.78 is 0. The van der Waals surface area contributed by atoms with Crippen molar-refractivity contribution in [3.8, 4) is 0 Å². The number of hydrogen-bond acceptors (Lipinski definition) is 4. The van der Waals surface area contributed by atoms with E-state index in [0.717, 1.165) is 31.1 Å². The van der Waals surface area contributed by atoms with Gasteiger partial charge in [0.2, 0.25) is 5.91 Å². The number of nitrogens with one attached hydrogen (secondary N) is 1. The lowest BCUT2D eigenvalue weighted by molar-refractivity contribution is -0.118. The number of carbonyl (C=O) groups is 2. The van der Waals surface area contributed by atoms with Gasteiger partial charge in [0.1, 0.15) is 0 Å². The van der Waals surface area contributed by atoms with Crippen LogP contribution in [0.3, 0.4) is 0 Å². The second-order valence-electron chi connectivity index (χ2n) is 8.50. The number of anilines is 1. The second kappa shape index (κ2) is 10.3. The Hall–Kier alpha value is -2.31. The molecule has 0 bridgehead atoms. The average molecular weight is 438 g/mol. The van der Waals surface area contributed by atoms with E-state index in [0.29, 0.717) is 29.8 Å². The Labute approximate surface area is 189 Å². The second-order valence-corrected chi connectivity index (χ2v) is 9.73. The third-order valence-corrected chi connectivity index (χ3v) is 7.09. The maximum Gasteiger partial charge on any atom is 0.253 e. The molecular weight excluding hydrogens is 406 g/mol. The molecule has 1 saturated carbocycles. The summed E-state index contributed by atoms with van der Waals surface area (Å²) in [6.45, 7) is 4.90. The summed E-state index contributed by atoms with van der Waals surface area (Å²) >= 11 is 1.88. The molecule has 1 atom stereocenters.